The summed E-state index contributed by atoms with van der Waals surface area (Å²) in [6.07, 6.45) is 4.02. The van der Waals surface area contributed by atoms with E-state index in [-0.39, 0.29) is 0 Å². The van der Waals surface area contributed by atoms with Gasteiger partial charge in [0, 0.05) is 25.5 Å². The van der Waals surface area contributed by atoms with Crippen molar-refractivity contribution in [2.45, 2.75) is 12.7 Å². The number of ether oxygens (including phenoxy) is 1. The predicted octanol–water partition coefficient (Wildman–Crippen LogP) is 0.570. The molecule has 12 heavy (non-hydrogen) atoms. The molecule has 1 fully saturated rings. The van der Waals surface area contributed by atoms with Gasteiger partial charge in [-0.15, -0.1) is 0 Å². The third kappa shape index (κ3) is 1.81. The zero-order valence-corrected chi connectivity index (χ0v) is 6.86. The largest absolute Gasteiger partial charge is 0.371 e. The molecule has 3 nitrogen and oxygen atoms in total. The van der Waals surface area contributed by atoms with Crippen LogP contribution in [0.4, 0.5) is 0 Å². The second-order valence-corrected chi connectivity index (χ2v) is 2.95. The van der Waals surface area contributed by atoms with Crippen molar-refractivity contribution in [3.63, 3.8) is 0 Å². The topological polar surface area (TPSA) is 34.1 Å². The monoisotopic (exact) mass is 164 g/mol. The van der Waals surface area contributed by atoms with Gasteiger partial charge in [0.05, 0.1) is 12.7 Å². The Labute approximate surface area is 71.8 Å². The lowest BCUT2D eigenvalue weighted by atomic mass is 10.2. The van der Waals surface area contributed by atoms with Crippen LogP contribution < -0.4 is 5.32 Å². The average Bonchev–Trinajstić information content (AvgIpc) is 2.04. The molecule has 2 heterocycles. The molecule has 0 radical (unpaired) electrons. The van der Waals surface area contributed by atoms with Gasteiger partial charge in [-0.1, -0.05) is 6.07 Å². The van der Waals surface area contributed by atoms with Crippen molar-refractivity contribution < 1.29 is 4.74 Å². The van der Waals surface area contributed by atoms with Gasteiger partial charge in [-0.3, -0.25) is 4.98 Å². The summed E-state index contributed by atoms with van der Waals surface area (Å²) in [5.41, 5.74) is 1.14. The van der Waals surface area contributed by atoms with Gasteiger partial charge in [-0.05, 0) is 11.6 Å². The van der Waals surface area contributed by atoms with Crippen LogP contribution in [0.2, 0.25) is 0 Å². The van der Waals surface area contributed by atoms with Gasteiger partial charge in [0.2, 0.25) is 0 Å². The lowest BCUT2D eigenvalue weighted by Gasteiger charge is -2.26. The van der Waals surface area contributed by atoms with Crippen LogP contribution >= 0.6 is 0 Å². The summed E-state index contributed by atoms with van der Waals surface area (Å²) >= 11 is 0. The van der Waals surface area contributed by atoms with Gasteiger partial charge in [0.15, 0.2) is 0 Å². The minimum Gasteiger partial charge on any atom is -0.371 e. The standard InChI is InChI=1S/C9H12N2O/c1-2-8(4-10-3-1)7-12-9-5-11-6-9/h1-4,9,11H,5-7H2. The zero-order chi connectivity index (χ0) is 8.23. The maximum atomic E-state index is 5.56. The number of hydrogen-bond donors (Lipinski definition) is 1. The fourth-order valence-corrected chi connectivity index (χ4v) is 1.08. The first-order valence-electron chi connectivity index (χ1n) is 4.16. The van der Waals surface area contributed by atoms with Crippen LogP contribution in [0.5, 0.6) is 0 Å². The quantitative estimate of drug-likeness (QED) is 0.709. The third-order valence-corrected chi connectivity index (χ3v) is 1.95. The van der Waals surface area contributed by atoms with Gasteiger partial charge in [-0.25, -0.2) is 0 Å². The second-order valence-electron chi connectivity index (χ2n) is 2.95. The molecular weight excluding hydrogens is 152 g/mol. The Balaban J connectivity index is 1.79. The van der Waals surface area contributed by atoms with Crippen LogP contribution in [-0.2, 0) is 11.3 Å². The first-order valence-corrected chi connectivity index (χ1v) is 4.16. The second kappa shape index (κ2) is 3.65. The Hall–Kier alpha value is -0.930. The molecule has 64 valence electrons. The van der Waals surface area contributed by atoms with E-state index in [0.717, 1.165) is 18.7 Å². The lowest BCUT2D eigenvalue weighted by molar-refractivity contribution is 0.00747. The van der Waals surface area contributed by atoms with Crippen molar-refractivity contribution in [3.8, 4) is 0 Å². The summed E-state index contributed by atoms with van der Waals surface area (Å²) in [4.78, 5) is 4.01. The number of hydrogen-bond acceptors (Lipinski definition) is 3. The highest BCUT2D eigenvalue weighted by Crippen LogP contribution is 2.04. The Morgan fingerprint density at radius 3 is 3.08 bits per heavy atom. The fraction of sp³-hybridized carbons (Fsp3) is 0.444. The highest BCUT2D eigenvalue weighted by Gasteiger charge is 2.16. The van der Waals surface area contributed by atoms with Crippen LogP contribution in [-0.4, -0.2) is 24.2 Å². The summed E-state index contributed by atoms with van der Waals surface area (Å²) in [5.74, 6) is 0. The zero-order valence-electron chi connectivity index (χ0n) is 6.86. The maximum absolute atomic E-state index is 5.56. The van der Waals surface area contributed by atoms with Gasteiger partial charge in [-0.2, -0.15) is 0 Å². The normalized spacial score (nSPS) is 17.3. The van der Waals surface area contributed by atoms with E-state index in [4.69, 9.17) is 4.74 Å². The third-order valence-electron chi connectivity index (χ3n) is 1.95. The minimum atomic E-state index is 0.408. The van der Waals surface area contributed by atoms with Crippen LogP contribution in [0.25, 0.3) is 0 Å². The van der Waals surface area contributed by atoms with Crippen molar-refractivity contribution in [2.75, 3.05) is 13.1 Å². The van der Waals surface area contributed by atoms with E-state index in [1.165, 1.54) is 0 Å². The molecule has 1 aromatic heterocycles. The highest BCUT2D eigenvalue weighted by atomic mass is 16.5. The molecule has 0 aliphatic carbocycles. The van der Waals surface area contributed by atoms with Crippen molar-refractivity contribution in [1.29, 1.82) is 0 Å². The average molecular weight is 164 g/mol. The first kappa shape index (κ1) is 7.71. The Morgan fingerprint density at radius 2 is 2.50 bits per heavy atom. The predicted molar refractivity (Wildman–Crippen MR) is 45.7 cm³/mol. The van der Waals surface area contributed by atoms with E-state index < -0.39 is 0 Å². The van der Waals surface area contributed by atoms with Crippen LogP contribution in [0, 0.1) is 0 Å². The Kier molecular flexibility index (Phi) is 2.34. The Morgan fingerprint density at radius 1 is 1.58 bits per heavy atom. The van der Waals surface area contributed by atoms with Crippen molar-refractivity contribution in [3.05, 3.63) is 30.1 Å². The van der Waals surface area contributed by atoms with Crippen LogP contribution in [0.3, 0.4) is 0 Å². The van der Waals surface area contributed by atoms with Crippen molar-refractivity contribution in [1.82, 2.24) is 10.3 Å². The number of nitrogens with zero attached hydrogens (tertiary/aromatic N) is 1. The number of pyridine rings is 1. The molecule has 0 saturated carbocycles. The smallest absolute Gasteiger partial charge is 0.0828 e. The molecule has 3 heteroatoms. The summed E-state index contributed by atoms with van der Waals surface area (Å²) in [5, 5.41) is 3.16. The van der Waals surface area contributed by atoms with E-state index in [1.54, 1.807) is 6.20 Å². The van der Waals surface area contributed by atoms with E-state index >= 15 is 0 Å². The molecule has 2 rings (SSSR count). The number of rotatable bonds is 3. The molecule has 0 unspecified atom stereocenters. The van der Waals surface area contributed by atoms with Gasteiger partial charge in [0.25, 0.3) is 0 Å². The number of aromatic nitrogens is 1. The molecule has 0 atom stereocenters. The van der Waals surface area contributed by atoms with E-state index in [2.05, 4.69) is 10.3 Å². The molecule has 1 aliphatic heterocycles. The summed E-state index contributed by atoms with van der Waals surface area (Å²) in [6.45, 7) is 2.65. The van der Waals surface area contributed by atoms with E-state index in [0.29, 0.717) is 12.7 Å². The maximum Gasteiger partial charge on any atom is 0.0828 e. The van der Waals surface area contributed by atoms with Gasteiger partial charge >= 0.3 is 0 Å². The van der Waals surface area contributed by atoms with Gasteiger partial charge in [0.1, 0.15) is 0 Å². The summed E-state index contributed by atoms with van der Waals surface area (Å²) in [6, 6.07) is 3.96. The van der Waals surface area contributed by atoms with Crippen molar-refractivity contribution in [2.24, 2.45) is 0 Å². The molecule has 0 amide bonds. The minimum absolute atomic E-state index is 0.408. The van der Waals surface area contributed by atoms with E-state index in [9.17, 15) is 0 Å². The first-order chi connectivity index (χ1) is 5.95. The molecule has 1 aromatic rings. The Bertz CT molecular complexity index is 234. The van der Waals surface area contributed by atoms with E-state index in [1.807, 2.05) is 18.3 Å². The molecule has 1 aliphatic rings. The summed E-state index contributed by atoms with van der Waals surface area (Å²) in [7, 11) is 0. The van der Waals surface area contributed by atoms with Gasteiger partial charge < -0.3 is 10.1 Å². The van der Waals surface area contributed by atoms with Crippen LogP contribution in [0.15, 0.2) is 24.5 Å². The SMILES string of the molecule is c1cncc(COC2CNC2)c1. The molecular formula is C9H12N2O. The highest BCUT2D eigenvalue weighted by molar-refractivity contribution is 5.06. The molecule has 1 saturated heterocycles. The lowest BCUT2D eigenvalue weighted by Crippen LogP contribution is -2.48. The number of nitrogens with one attached hydrogen (secondary N) is 1. The molecule has 1 N–H and O–H groups in total. The fourth-order valence-electron chi connectivity index (χ4n) is 1.08. The van der Waals surface area contributed by atoms with Crippen molar-refractivity contribution >= 4 is 0 Å². The molecule has 0 aromatic carbocycles. The molecule has 0 spiro atoms. The summed E-state index contributed by atoms with van der Waals surface area (Å²) < 4.78 is 5.56. The van der Waals surface area contributed by atoms with Crippen LogP contribution in [0.1, 0.15) is 5.56 Å². The molecule has 0 bridgehead atoms.